The summed E-state index contributed by atoms with van der Waals surface area (Å²) >= 11 is 3.59. The lowest BCUT2D eigenvalue weighted by molar-refractivity contribution is 0.587. The van der Waals surface area contributed by atoms with Crippen LogP contribution in [0.2, 0.25) is 0 Å². The first-order chi connectivity index (χ1) is 9.52. The first kappa shape index (κ1) is 15.0. The van der Waals surface area contributed by atoms with Gasteiger partial charge < -0.3 is 5.32 Å². The van der Waals surface area contributed by atoms with Gasteiger partial charge in [-0.25, -0.2) is 4.39 Å². The van der Waals surface area contributed by atoms with Crippen LogP contribution in [0.3, 0.4) is 0 Å². The molecule has 0 saturated carbocycles. The first-order valence-electron chi connectivity index (χ1n) is 6.80. The molecule has 0 spiro atoms. The van der Waals surface area contributed by atoms with Crippen LogP contribution in [-0.4, -0.2) is 0 Å². The van der Waals surface area contributed by atoms with Gasteiger partial charge in [-0.3, -0.25) is 0 Å². The number of benzene rings is 2. The van der Waals surface area contributed by atoms with Crippen molar-refractivity contribution in [2.75, 3.05) is 5.32 Å². The van der Waals surface area contributed by atoms with E-state index in [1.807, 2.05) is 12.1 Å². The topological polar surface area (TPSA) is 12.0 Å². The molecule has 0 fully saturated rings. The van der Waals surface area contributed by atoms with Crippen molar-refractivity contribution >= 4 is 21.6 Å². The minimum absolute atomic E-state index is 0.0334. The number of hydrogen-bond acceptors (Lipinski definition) is 1. The molecule has 0 aliphatic carbocycles. The van der Waals surface area contributed by atoms with Gasteiger partial charge in [0, 0.05) is 10.0 Å². The Morgan fingerprint density at radius 2 is 1.90 bits per heavy atom. The van der Waals surface area contributed by atoms with Crippen LogP contribution >= 0.6 is 15.9 Å². The molecule has 0 saturated heterocycles. The van der Waals surface area contributed by atoms with Gasteiger partial charge in [0.15, 0.2) is 0 Å². The third-order valence-electron chi connectivity index (χ3n) is 3.44. The zero-order valence-corrected chi connectivity index (χ0v) is 13.6. The molecule has 0 aliphatic rings. The van der Waals surface area contributed by atoms with Gasteiger partial charge in [-0.15, -0.1) is 0 Å². The van der Waals surface area contributed by atoms with Gasteiger partial charge in [0.05, 0.1) is 11.7 Å². The number of anilines is 1. The van der Waals surface area contributed by atoms with Crippen LogP contribution < -0.4 is 5.32 Å². The Kier molecular flexibility index (Phi) is 4.81. The summed E-state index contributed by atoms with van der Waals surface area (Å²) in [6.07, 6.45) is 0.820. The molecule has 1 N–H and O–H groups in total. The second-order valence-electron chi connectivity index (χ2n) is 5.07. The number of rotatable bonds is 4. The summed E-state index contributed by atoms with van der Waals surface area (Å²) in [5.41, 5.74) is 4.11. The van der Waals surface area contributed by atoms with Crippen molar-refractivity contribution in [2.24, 2.45) is 0 Å². The van der Waals surface area contributed by atoms with Crippen molar-refractivity contribution in [3.63, 3.8) is 0 Å². The Morgan fingerprint density at radius 3 is 2.50 bits per heavy atom. The van der Waals surface area contributed by atoms with Gasteiger partial charge in [-0.2, -0.15) is 0 Å². The van der Waals surface area contributed by atoms with Gasteiger partial charge >= 0.3 is 0 Å². The zero-order valence-electron chi connectivity index (χ0n) is 12.0. The maximum Gasteiger partial charge on any atom is 0.128 e. The Balaban J connectivity index is 2.35. The largest absolute Gasteiger partial charge is 0.377 e. The highest BCUT2D eigenvalue weighted by atomic mass is 79.9. The van der Waals surface area contributed by atoms with E-state index in [4.69, 9.17) is 0 Å². The van der Waals surface area contributed by atoms with Crippen molar-refractivity contribution < 1.29 is 4.39 Å². The van der Waals surface area contributed by atoms with E-state index < -0.39 is 0 Å². The molecule has 0 aliphatic heterocycles. The summed E-state index contributed by atoms with van der Waals surface area (Å²) < 4.78 is 15.0. The number of halogens is 2. The summed E-state index contributed by atoms with van der Waals surface area (Å²) in [7, 11) is 0. The predicted molar refractivity (Wildman–Crippen MR) is 86.7 cm³/mol. The summed E-state index contributed by atoms with van der Waals surface area (Å²) in [5.74, 6) is -0.160. The van der Waals surface area contributed by atoms with Crippen LogP contribution in [0.25, 0.3) is 0 Å². The molecule has 1 unspecified atom stereocenters. The number of hydrogen-bond donors (Lipinski definition) is 1. The molecule has 0 heterocycles. The van der Waals surface area contributed by atoms with Crippen molar-refractivity contribution in [3.05, 3.63) is 63.4 Å². The van der Waals surface area contributed by atoms with E-state index in [0.717, 1.165) is 22.1 Å². The lowest BCUT2D eigenvalue weighted by Gasteiger charge is -2.22. The van der Waals surface area contributed by atoms with Crippen LogP contribution in [0.5, 0.6) is 0 Å². The van der Waals surface area contributed by atoms with E-state index in [-0.39, 0.29) is 11.9 Å². The van der Waals surface area contributed by atoms with Crippen LogP contribution in [0, 0.1) is 19.7 Å². The molecule has 0 amide bonds. The Labute approximate surface area is 128 Å². The van der Waals surface area contributed by atoms with Crippen LogP contribution in [0.15, 0.2) is 40.9 Å². The Bertz CT molecular complexity index is 587. The van der Waals surface area contributed by atoms with Crippen LogP contribution in [-0.2, 0) is 0 Å². The van der Waals surface area contributed by atoms with E-state index >= 15 is 0 Å². The minimum Gasteiger partial charge on any atom is -0.377 e. The molecular formula is C17H19BrFN. The Morgan fingerprint density at radius 1 is 1.20 bits per heavy atom. The minimum atomic E-state index is -0.160. The molecule has 0 aromatic heterocycles. The maximum atomic E-state index is 13.9. The molecule has 20 heavy (non-hydrogen) atoms. The Hall–Kier alpha value is -1.35. The summed E-state index contributed by atoms with van der Waals surface area (Å²) in [6.45, 7) is 6.19. The quantitative estimate of drug-likeness (QED) is 0.747. The lowest BCUT2D eigenvalue weighted by Crippen LogP contribution is -2.12. The molecule has 1 nitrogen and oxygen atoms in total. The molecule has 2 rings (SSSR count). The zero-order chi connectivity index (χ0) is 14.7. The average molecular weight is 336 g/mol. The van der Waals surface area contributed by atoms with Gasteiger partial charge in [-0.05, 0) is 59.5 Å². The molecule has 0 radical (unpaired) electrons. The van der Waals surface area contributed by atoms with Gasteiger partial charge in [0.1, 0.15) is 5.82 Å². The van der Waals surface area contributed by atoms with Crippen molar-refractivity contribution in [3.8, 4) is 0 Å². The van der Waals surface area contributed by atoms with Crippen molar-refractivity contribution in [1.82, 2.24) is 0 Å². The first-order valence-corrected chi connectivity index (χ1v) is 7.60. The predicted octanol–water partition coefficient (Wildman–Crippen LogP) is 5.77. The van der Waals surface area contributed by atoms with E-state index in [0.29, 0.717) is 5.56 Å². The molecule has 1 atom stereocenters. The number of aryl methyl sites for hydroxylation is 2. The fraction of sp³-hybridized carbons (Fsp3) is 0.294. The van der Waals surface area contributed by atoms with Crippen LogP contribution in [0.4, 0.5) is 10.1 Å². The van der Waals surface area contributed by atoms with Gasteiger partial charge in [0.25, 0.3) is 0 Å². The van der Waals surface area contributed by atoms with Gasteiger partial charge in [0.2, 0.25) is 0 Å². The average Bonchev–Trinajstić information content (AvgIpc) is 2.39. The van der Waals surface area contributed by atoms with Crippen molar-refractivity contribution in [2.45, 2.75) is 33.2 Å². The second-order valence-corrected chi connectivity index (χ2v) is 5.92. The SMILES string of the molecule is CCC(Nc1c(C)cc(C)cc1Br)c1ccccc1F. The molecule has 0 bridgehead atoms. The molecule has 2 aromatic carbocycles. The van der Waals surface area contributed by atoms with E-state index in [9.17, 15) is 4.39 Å². The highest BCUT2D eigenvalue weighted by Gasteiger charge is 2.15. The normalized spacial score (nSPS) is 12.2. The highest BCUT2D eigenvalue weighted by Crippen LogP contribution is 2.32. The molecule has 3 heteroatoms. The molecule has 106 valence electrons. The highest BCUT2D eigenvalue weighted by molar-refractivity contribution is 9.10. The van der Waals surface area contributed by atoms with E-state index in [1.165, 1.54) is 11.6 Å². The van der Waals surface area contributed by atoms with E-state index in [1.54, 1.807) is 6.07 Å². The summed E-state index contributed by atoms with van der Waals surface area (Å²) in [4.78, 5) is 0. The fourth-order valence-electron chi connectivity index (χ4n) is 2.43. The maximum absolute atomic E-state index is 13.9. The van der Waals surface area contributed by atoms with Gasteiger partial charge in [-0.1, -0.05) is 31.2 Å². The standard InChI is InChI=1S/C17H19BrFN/c1-4-16(13-7-5-6-8-15(13)19)20-17-12(3)9-11(2)10-14(17)18/h5-10,16,20H,4H2,1-3H3. The monoisotopic (exact) mass is 335 g/mol. The summed E-state index contributed by atoms with van der Waals surface area (Å²) in [5, 5.41) is 3.46. The molecular weight excluding hydrogens is 317 g/mol. The van der Waals surface area contributed by atoms with Crippen LogP contribution in [0.1, 0.15) is 36.1 Å². The molecule has 2 aromatic rings. The third kappa shape index (κ3) is 3.21. The lowest BCUT2D eigenvalue weighted by atomic mass is 10.0. The number of nitrogens with one attached hydrogen (secondary N) is 1. The third-order valence-corrected chi connectivity index (χ3v) is 4.06. The fourth-order valence-corrected chi connectivity index (χ4v) is 3.22. The van der Waals surface area contributed by atoms with E-state index in [2.05, 4.69) is 54.2 Å². The smallest absolute Gasteiger partial charge is 0.128 e. The van der Waals surface area contributed by atoms with Crippen molar-refractivity contribution in [1.29, 1.82) is 0 Å². The second kappa shape index (κ2) is 6.40. The summed E-state index contributed by atoms with van der Waals surface area (Å²) in [6, 6.07) is 11.1.